The molecule has 0 aliphatic carbocycles. The topological polar surface area (TPSA) is 26.3 Å². The average Bonchev–Trinajstić information content (AvgIpc) is 2.37. The Labute approximate surface area is 102 Å². The second-order valence-electron chi connectivity index (χ2n) is 3.47. The normalized spacial score (nSPS) is 12.0. The van der Waals surface area contributed by atoms with Crippen LogP contribution in [0.5, 0.6) is 0 Å². The van der Waals surface area contributed by atoms with Crippen molar-refractivity contribution in [2.45, 2.75) is 12.5 Å². The largest absolute Gasteiger partial charge is 0.455 e. The highest BCUT2D eigenvalue weighted by Crippen LogP contribution is 2.07. The molecule has 1 aromatic rings. The van der Waals surface area contributed by atoms with Gasteiger partial charge >= 0.3 is 5.97 Å². The Morgan fingerprint density at radius 2 is 2.00 bits per heavy atom. The second kappa shape index (κ2) is 7.23. The molecule has 0 aliphatic rings. The highest BCUT2D eigenvalue weighted by Gasteiger charge is 2.06. The van der Waals surface area contributed by atoms with E-state index in [1.165, 1.54) is 0 Å². The standard InChI is InChI=1S/C15H16O2/c1-3-8-14(17-15(16)4-2)12-11-13-9-6-5-7-10-13/h3-7,9-12,14H,1-2,8H2/b12-11+. The predicted molar refractivity (Wildman–Crippen MR) is 70.4 cm³/mol. The maximum absolute atomic E-state index is 11.1. The molecule has 0 heterocycles. The zero-order valence-corrected chi connectivity index (χ0v) is 9.71. The fourth-order valence-corrected chi connectivity index (χ4v) is 1.31. The maximum atomic E-state index is 11.1. The van der Waals surface area contributed by atoms with Crippen LogP contribution in [0.15, 0.2) is 61.7 Å². The van der Waals surface area contributed by atoms with E-state index in [0.29, 0.717) is 6.42 Å². The first-order chi connectivity index (χ1) is 8.26. The van der Waals surface area contributed by atoms with Crippen molar-refractivity contribution in [3.63, 3.8) is 0 Å². The molecule has 17 heavy (non-hydrogen) atoms. The smallest absolute Gasteiger partial charge is 0.330 e. The van der Waals surface area contributed by atoms with E-state index in [0.717, 1.165) is 11.6 Å². The molecule has 1 unspecified atom stereocenters. The van der Waals surface area contributed by atoms with Crippen molar-refractivity contribution < 1.29 is 9.53 Å². The summed E-state index contributed by atoms with van der Waals surface area (Å²) in [7, 11) is 0. The SMILES string of the molecule is C=CCC(/C=C/c1ccccc1)OC(=O)C=C. The maximum Gasteiger partial charge on any atom is 0.330 e. The van der Waals surface area contributed by atoms with Crippen LogP contribution in [0.4, 0.5) is 0 Å². The van der Waals surface area contributed by atoms with E-state index in [9.17, 15) is 4.79 Å². The Bertz CT molecular complexity index is 404. The number of ether oxygens (including phenoxy) is 1. The summed E-state index contributed by atoms with van der Waals surface area (Å²) in [5.41, 5.74) is 1.07. The lowest BCUT2D eigenvalue weighted by Crippen LogP contribution is -2.13. The van der Waals surface area contributed by atoms with Crippen molar-refractivity contribution in [3.05, 3.63) is 67.3 Å². The molecule has 0 aromatic heterocycles. The van der Waals surface area contributed by atoms with Crippen molar-refractivity contribution in [3.8, 4) is 0 Å². The molecular weight excluding hydrogens is 212 g/mol. The summed E-state index contributed by atoms with van der Waals surface area (Å²) in [5.74, 6) is -0.422. The Balaban J connectivity index is 2.65. The monoisotopic (exact) mass is 228 g/mol. The quantitative estimate of drug-likeness (QED) is 0.424. The molecule has 0 saturated heterocycles. The average molecular weight is 228 g/mol. The van der Waals surface area contributed by atoms with Crippen molar-refractivity contribution in [2.75, 3.05) is 0 Å². The van der Waals surface area contributed by atoms with E-state index in [1.54, 1.807) is 6.08 Å². The molecule has 0 amide bonds. The van der Waals surface area contributed by atoms with Gasteiger partial charge in [-0.15, -0.1) is 6.58 Å². The van der Waals surface area contributed by atoms with Gasteiger partial charge in [0.25, 0.3) is 0 Å². The molecule has 2 nitrogen and oxygen atoms in total. The van der Waals surface area contributed by atoms with Crippen LogP contribution in [0.25, 0.3) is 6.08 Å². The molecule has 0 N–H and O–H groups in total. The number of rotatable bonds is 6. The summed E-state index contributed by atoms with van der Waals surface area (Å²) in [6.45, 7) is 7.01. The molecule has 2 heteroatoms. The third-order valence-corrected chi connectivity index (χ3v) is 2.14. The Kier molecular flexibility index (Phi) is 5.52. The number of hydrogen-bond acceptors (Lipinski definition) is 2. The molecule has 0 radical (unpaired) electrons. The summed E-state index contributed by atoms with van der Waals surface area (Å²) in [6, 6.07) is 9.83. The van der Waals surface area contributed by atoms with E-state index in [1.807, 2.05) is 42.5 Å². The lowest BCUT2D eigenvalue weighted by Gasteiger charge is -2.10. The van der Waals surface area contributed by atoms with Gasteiger partial charge in [-0.05, 0) is 11.6 Å². The second-order valence-corrected chi connectivity index (χ2v) is 3.47. The van der Waals surface area contributed by atoms with Gasteiger partial charge in [-0.2, -0.15) is 0 Å². The zero-order chi connectivity index (χ0) is 12.5. The summed E-state index contributed by atoms with van der Waals surface area (Å²) >= 11 is 0. The minimum absolute atomic E-state index is 0.293. The highest BCUT2D eigenvalue weighted by molar-refractivity contribution is 5.81. The third kappa shape index (κ3) is 4.98. The Morgan fingerprint density at radius 3 is 2.59 bits per heavy atom. The first-order valence-electron chi connectivity index (χ1n) is 5.43. The molecular formula is C15H16O2. The third-order valence-electron chi connectivity index (χ3n) is 2.14. The minimum atomic E-state index is -0.422. The van der Waals surface area contributed by atoms with Crippen LogP contribution in [0, 0.1) is 0 Å². The molecule has 0 spiro atoms. The van der Waals surface area contributed by atoms with Crippen molar-refractivity contribution >= 4 is 12.0 Å². The Hall–Kier alpha value is -2.09. The number of carbonyl (C=O) groups excluding carboxylic acids is 1. The summed E-state index contributed by atoms with van der Waals surface area (Å²) < 4.78 is 5.15. The van der Waals surface area contributed by atoms with Crippen LogP contribution in [0.3, 0.4) is 0 Å². The fraction of sp³-hybridized carbons (Fsp3) is 0.133. The van der Waals surface area contributed by atoms with Gasteiger partial charge < -0.3 is 4.74 Å². The zero-order valence-electron chi connectivity index (χ0n) is 9.71. The van der Waals surface area contributed by atoms with Gasteiger partial charge in [0.2, 0.25) is 0 Å². The van der Waals surface area contributed by atoms with Crippen LogP contribution in [0.2, 0.25) is 0 Å². The molecule has 0 aliphatic heterocycles. The van der Waals surface area contributed by atoms with Gasteiger partial charge in [0.05, 0.1) is 0 Å². The molecule has 0 saturated carbocycles. The molecule has 1 rings (SSSR count). The molecule has 0 bridgehead atoms. The Morgan fingerprint density at radius 1 is 1.29 bits per heavy atom. The molecule has 1 aromatic carbocycles. The molecule has 0 fully saturated rings. The summed E-state index contributed by atoms with van der Waals surface area (Å²) in [6.07, 6.45) is 6.94. The molecule has 1 atom stereocenters. The predicted octanol–water partition coefficient (Wildman–Crippen LogP) is 3.37. The van der Waals surface area contributed by atoms with Crippen molar-refractivity contribution in [1.29, 1.82) is 0 Å². The lowest BCUT2D eigenvalue weighted by atomic mass is 10.1. The highest BCUT2D eigenvalue weighted by atomic mass is 16.5. The minimum Gasteiger partial charge on any atom is -0.455 e. The van der Waals surface area contributed by atoms with E-state index in [-0.39, 0.29) is 6.10 Å². The van der Waals surface area contributed by atoms with Crippen LogP contribution in [-0.4, -0.2) is 12.1 Å². The van der Waals surface area contributed by atoms with Gasteiger partial charge in [-0.1, -0.05) is 49.1 Å². The van der Waals surface area contributed by atoms with Crippen LogP contribution in [0.1, 0.15) is 12.0 Å². The number of benzene rings is 1. The lowest BCUT2D eigenvalue weighted by molar-refractivity contribution is -0.140. The fourth-order valence-electron chi connectivity index (χ4n) is 1.31. The van der Waals surface area contributed by atoms with E-state index >= 15 is 0 Å². The summed E-state index contributed by atoms with van der Waals surface area (Å²) in [5, 5.41) is 0. The van der Waals surface area contributed by atoms with Crippen LogP contribution in [-0.2, 0) is 9.53 Å². The summed E-state index contributed by atoms with van der Waals surface area (Å²) in [4.78, 5) is 11.1. The molecule has 88 valence electrons. The number of esters is 1. The first-order valence-corrected chi connectivity index (χ1v) is 5.43. The van der Waals surface area contributed by atoms with Crippen LogP contribution < -0.4 is 0 Å². The van der Waals surface area contributed by atoms with Gasteiger partial charge in [-0.3, -0.25) is 0 Å². The van der Waals surface area contributed by atoms with Crippen molar-refractivity contribution in [1.82, 2.24) is 0 Å². The van der Waals surface area contributed by atoms with E-state index in [4.69, 9.17) is 4.74 Å². The number of carbonyl (C=O) groups is 1. The van der Waals surface area contributed by atoms with E-state index in [2.05, 4.69) is 13.2 Å². The van der Waals surface area contributed by atoms with Crippen LogP contribution >= 0.6 is 0 Å². The van der Waals surface area contributed by atoms with Gasteiger partial charge in [0.1, 0.15) is 6.10 Å². The first kappa shape index (κ1) is 13.0. The van der Waals surface area contributed by atoms with Gasteiger partial charge in [0.15, 0.2) is 0 Å². The van der Waals surface area contributed by atoms with Crippen molar-refractivity contribution in [2.24, 2.45) is 0 Å². The van der Waals surface area contributed by atoms with E-state index < -0.39 is 5.97 Å². The van der Waals surface area contributed by atoms with Gasteiger partial charge in [0, 0.05) is 12.5 Å². The number of hydrogen-bond donors (Lipinski definition) is 0. The van der Waals surface area contributed by atoms with Gasteiger partial charge in [-0.25, -0.2) is 4.79 Å².